The molecule has 1 aromatic rings. The summed E-state index contributed by atoms with van der Waals surface area (Å²) in [7, 11) is 3.21. The van der Waals surface area contributed by atoms with Gasteiger partial charge in [0.1, 0.15) is 11.2 Å². The molecule has 16 heavy (non-hydrogen) atoms. The normalized spacial score (nSPS) is 9.62. The summed E-state index contributed by atoms with van der Waals surface area (Å²) in [6.45, 7) is -0.0479. The predicted octanol–water partition coefficient (Wildman–Crippen LogP) is -0.226. The Hall–Kier alpha value is -1.76. The number of amides is 2. The van der Waals surface area contributed by atoms with Gasteiger partial charge < -0.3 is 15.0 Å². The van der Waals surface area contributed by atoms with Crippen molar-refractivity contribution in [3.63, 3.8) is 0 Å². The Morgan fingerprint density at radius 1 is 1.56 bits per heavy atom. The van der Waals surface area contributed by atoms with Crippen LogP contribution in [-0.2, 0) is 4.79 Å². The maximum absolute atomic E-state index is 11.5. The maximum atomic E-state index is 11.5. The zero-order valence-electron chi connectivity index (χ0n) is 8.89. The number of hydrogen-bond acceptors (Lipinski definition) is 5. The minimum Gasteiger partial charge on any atom is -0.345 e. The number of rotatable bonds is 4. The van der Waals surface area contributed by atoms with Gasteiger partial charge in [0.15, 0.2) is 5.01 Å². The largest absolute Gasteiger partial charge is 0.345 e. The lowest BCUT2D eigenvalue weighted by Gasteiger charge is -2.05. The van der Waals surface area contributed by atoms with Crippen molar-refractivity contribution in [1.82, 2.24) is 15.2 Å². The molecule has 0 atom stereocenters. The molecule has 0 radical (unpaired) electrons. The predicted molar refractivity (Wildman–Crippen MR) is 58.5 cm³/mol. The second kappa shape index (κ2) is 5.36. The molecule has 0 unspecified atom stereocenters. The molecule has 0 fully saturated rings. The van der Waals surface area contributed by atoms with Crippen LogP contribution in [0.3, 0.4) is 0 Å². The van der Waals surface area contributed by atoms with Gasteiger partial charge in [0.05, 0.1) is 12.7 Å². The van der Waals surface area contributed by atoms with Crippen molar-refractivity contribution in [2.45, 2.75) is 0 Å². The summed E-state index contributed by atoms with van der Waals surface area (Å²) in [5.74, 6) is -0.651. The first-order valence-corrected chi connectivity index (χ1v) is 5.27. The number of thiazole rings is 1. The Morgan fingerprint density at radius 3 is 2.81 bits per heavy atom. The molecule has 0 aliphatic rings. The highest BCUT2D eigenvalue weighted by molar-refractivity contribution is 7.15. The van der Waals surface area contributed by atoms with Crippen LogP contribution in [0, 0.1) is 0 Å². The fourth-order valence-corrected chi connectivity index (χ4v) is 1.74. The summed E-state index contributed by atoms with van der Waals surface area (Å²) in [5.41, 5.74) is 0. The lowest BCUT2D eigenvalue weighted by molar-refractivity contribution is -0.107. The molecule has 0 spiro atoms. The van der Waals surface area contributed by atoms with Crippen molar-refractivity contribution in [2.24, 2.45) is 0 Å². The summed E-state index contributed by atoms with van der Waals surface area (Å²) >= 11 is 0.998. The highest BCUT2D eigenvalue weighted by Crippen LogP contribution is 2.13. The van der Waals surface area contributed by atoms with E-state index in [0.29, 0.717) is 11.2 Å². The van der Waals surface area contributed by atoms with Gasteiger partial charge in [-0.15, -0.1) is 11.3 Å². The van der Waals surface area contributed by atoms with Gasteiger partial charge >= 0.3 is 0 Å². The van der Waals surface area contributed by atoms with E-state index in [1.54, 1.807) is 14.1 Å². The van der Waals surface area contributed by atoms with Crippen molar-refractivity contribution in [1.29, 1.82) is 0 Å². The van der Waals surface area contributed by atoms with E-state index in [2.05, 4.69) is 10.3 Å². The van der Waals surface area contributed by atoms with Crippen molar-refractivity contribution in [2.75, 3.05) is 20.6 Å². The summed E-state index contributed by atoms with van der Waals surface area (Å²) in [6.07, 6.45) is 1.91. The van der Waals surface area contributed by atoms with Gasteiger partial charge in [0.2, 0.25) is 0 Å². The molecular weight excluding hydrogens is 230 g/mol. The summed E-state index contributed by atoms with van der Waals surface area (Å²) in [6, 6.07) is 0. The van der Waals surface area contributed by atoms with Crippen LogP contribution in [0.1, 0.15) is 19.5 Å². The van der Waals surface area contributed by atoms with Gasteiger partial charge in [-0.2, -0.15) is 0 Å². The van der Waals surface area contributed by atoms with E-state index >= 15 is 0 Å². The van der Waals surface area contributed by atoms with E-state index in [1.165, 1.54) is 11.1 Å². The van der Waals surface area contributed by atoms with Crippen LogP contribution in [0.2, 0.25) is 0 Å². The minimum absolute atomic E-state index is 0.0479. The number of nitrogens with zero attached hydrogens (tertiary/aromatic N) is 2. The van der Waals surface area contributed by atoms with Crippen LogP contribution in [0.15, 0.2) is 6.20 Å². The van der Waals surface area contributed by atoms with Crippen molar-refractivity contribution >= 4 is 29.4 Å². The molecule has 0 saturated heterocycles. The van der Waals surface area contributed by atoms with E-state index in [0.717, 1.165) is 11.3 Å². The van der Waals surface area contributed by atoms with E-state index in [4.69, 9.17) is 0 Å². The van der Waals surface area contributed by atoms with Crippen molar-refractivity contribution in [3.8, 4) is 0 Å². The van der Waals surface area contributed by atoms with Crippen LogP contribution in [0.5, 0.6) is 0 Å². The first-order valence-electron chi connectivity index (χ1n) is 4.45. The molecule has 1 N–H and O–H groups in total. The molecule has 0 aliphatic heterocycles. The van der Waals surface area contributed by atoms with Crippen molar-refractivity contribution in [3.05, 3.63) is 16.1 Å². The number of aromatic nitrogens is 1. The van der Waals surface area contributed by atoms with Crippen LogP contribution in [0.4, 0.5) is 0 Å². The van der Waals surface area contributed by atoms with E-state index in [9.17, 15) is 14.4 Å². The SMILES string of the molecule is CN(C)C(=O)c1ncc(C(=O)NCC=O)s1. The van der Waals surface area contributed by atoms with Crippen LogP contribution < -0.4 is 5.32 Å². The van der Waals surface area contributed by atoms with Crippen molar-refractivity contribution < 1.29 is 14.4 Å². The molecule has 6 nitrogen and oxygen atoms in total. The first-order chi connectivity index (χ1) is 7.56. The zero-order chi connectivity index (χ0) is 12.1. The molecule has 0 aromatic carbocycles. The fraction of sp³-hybridized carbons (Fsp3) is 0.333. The molecule has 7 heteroatoms. The van der Waals surface area contributed by atoms with Crippen LogP contribution >= 0.6 is 11.3 Å². The minimum atomic E-state index is -0.401. The van der Waals surface area contributed by atoms with E-state index in [1.807, 2.05) is 0 Å². The Kier molecular flexibility index (Phi) is 4.12. The second-order valence-corrected chi connectivity index (χ2v) is 4.14. The number of aldehydes is 1. The summed E-state index contributed by atoms with van der Waals surface area (Å²) in [5, 5.41) is 2.62. The molecule has 0 saturated carbocycles. The second-order valence-electron chi connectivity index (χ2n) is 3.11. The van der Waals surface area contributed by atoms with Gasteiger partial charge in [-0.3, -0.25) is 9.59 Å². The third-order valence-corrected chi connectivity index (χ3v) is 2.65. The summed E-state index contributed by atoms with van der Waals surface area (Å²) < 4.78 is 0. The third kappa shape index (κ3) is 2.86. The van der Waals surface area contributed by atoms with Gasteiger partial charge in [0.25, 0.3) is 11.8 Å². The fourth-order valence-electron chi connectivity index (χ4n) is 0.891. The van der Waals surface area contributed by atoms with E-state index < -0.39 is 5.91 Å². The lowest BCUT2D eigenvalue weighted by atomic mass is 10.5. The average molecular weight is 241 g/mol. The smallest absolute Gasteiger partial charge is 0.282 e. The highest BCUT2D eigenvalue weighted by atomic mass is 32.1. The Morgan fingerprint density at radius 2 is 2.25 bits per heavy atom. The lowest BCUT2D eigenvalue weighted by Crippen LogP contribution is -2.24. The highest BCUT2D eigenvalue weighted by Gasteiger charge is 2.16. The molecule has 0 aliphatic carbocycles. The molecular formula is C9H11N3O3S. The van der Waals surface area contributed by atoms with Gasteiger partial charge in [0, 0.05) is 14.1 Å². The van der Waals surface area contributed by atoms with Gasteiger partial charge in [-0.25, -0.2) is 4.98 Å². The van der Waals surface area contributed by atoms with Gasteiger partial charge in [-0.1, -0.05) is 0 Å². The van der Waals surface area contributed by atoms with Crippen LogP contribution in [-0.4, -0.2) is 48.6 Å². The third-order valence-electron chi connectivity index (χ3n) is 1.66. The topological polar surface area (TPSA) is 79.4 Å². The number of nitrogens with one attached hydrogen (secondary N) is 1. The zero-order valence-corrected chi connectivity index (χ0v) is 9.71. The number of carbonyl (C=O) groups excluding carboxylic acids is 3. The molecule has 0 bridgehead atoms. The quantitative estimate of drug-likeness (QED) is 0.739. The molecule has 1 heterocycles. The number of hydrogen-bond donors (Lipinski definition) is 1. The van der Waals surface area contributed by atoms with Crippen LogP contribution in [0.25, 0.3) is 0 Å². The standard InChI is InChI=1S/C9H11N3O3S/c1-12(2)9(15)8-11-5-6(16-8)7(14)10-3-4-13/h4-5H,3H2,1-2H3,(H,10,14). The molecule has 2 amide bonds. The first kappa shape index (κ1) is 12.3. The summed E-state index contributed by atoms with van der Waals surface area (Å²) in [4.78, 5) is 38.5. The monoisotopic (exact) mass is 241 g/mol. The average Bonchev–Trinajstić information content (AvgIpc) is 2.73. The molecule has 1 aromatic heterocycles. The molecule has 1 rings (SSSR count). The maximum Gasteiger partial charge on any atom is 0.282 e. The Bertz CT molecular complexity index is 414. The Labute approximate surface area is 96.3 Å². The Balaban J connectivity index is 2.75. The van der Waals surface area contributed by atoms with E-state index in [-0.39, 0.29) is 17.5 Å². The van der Waals surface area contributed by atoms with Gasteiger partial charge in [-0.05, 0) is 0 Å². The molecule has 86 valence electrons. The number of carbonyl (C=O) groups is 3.